The highest BCUT2D eigenvalue weighted by molar-refractivity contribution is 8.04. The third-order valence-corrected chi connectivity index (χ3v) is 4.89. The molecule has 1 aromatic carbocycles. The van der Waals surface area contributed by atoms with Crippen LogP contribution in [-0.4, -0.2) is 21.9 Å². The van der Waals surface area contributed by atoms with Crippen molar-refractivity contribution in [1.29, 1.82) is 0 Å². The molecule has 3 N–H and O–H groups in total. The van der Waals surface area contributed by atoms with Gasteiger partial charge in [0, 0.05) is 11.1 Å². The van der Waals surface area contributed by atoms with Crippen LogP contribution in [0.15, 0.2) is 17.0 Å². The van der Waals surface area contributed by atoms with E-state index in [1.165, 1.54) is 16.8 Å². The van der Waals surface area contributed by atoms with E-state index in [0.29, 0.717) is 16.5 Å². The van der Waals surface area contributed by atoms with Crippen molar-refractivity contribution in [3.8, 4) is 5.75 Å². The van der Waals surface area contributed by atoms with Crippen molar-refractivity contribution in [2.75, 3.05) is 5.88 Å². The molecule has 1 aromatic rings. The van der Waals surface area contributed by atoms with Crippen LogP contribution < -0.4 is 5.84 Å². The number of hydrogen-bond donors (Lipinski definition) is 2. The minimum Gasteiger partial charge on any atom is -0.507 e. The van der Waals surface area contributed by atoms with E-state index in [9.17, 15) is 9.90 Å². The fourth-order valence-electron chi connectivity index (χ4n) is 2.54. The number of benzene rings is 1. The molecule has 0 unspecified atom stereocenters. The third kappa shape index (κ3) is 3.72. The molecule has 2 rings (SSSR count). The Morgan fingerprint density at radius 2 is 1.61 bits per heavy atom. The predicted molar refractivity (Wildman–Crippen MR) is 97.0 cm³/mol. The van der Waals surface area contributed by atoms with E-state index in [1.807, 2.05) is 18.2 Å². The highest BCUT2D eigenvalue weighted by atomic mass is 32.2. The maximum Gasteiger partial charge on any atom is 0.275 e. The smallest absolute Gasteiger partial charge is 0.275 e. The first kappa shape index (κ1) is 17.9. The lowest BCUT2D eigenvalue weighted by Gasteiger charge is -2.28. The molecule has 0 spiro atoms. The van der Waals surface area contributed by atoms with Crippen molar-refractivity contribution in [2.45, 2.75) is 52.4 Å². The van der Waals surface area contributed by atoms with Gasteiger partial charge in [-0.3, -0.25) is 9.80 Å². The molecule has 1 aliphatic rings. The van der Waals surface area contributed by atoms with Gasteiger partial charge >= 0.3 is 0 Å². The summed E-state index contributed by atoms with van der Waals surface area (Å²) in [6.45, 7) is 12.4. The molecule has 5 heteroatoms. The van der Waals surface area contributed by atoms with E-state index in [-0.39, 0.29) is 16.7 Å². The number of thioether (sulfide) groups is 1. The summed E-state index contributed by atoms with van der Waals surface area (Å²) in [4.78, 5) is 12.6. The zero-order valence-electron chi connectivity index (χ0n) is 14.7. The molecule has 4 nitrogen and oxygen atoms in total. The molecular weight excluding hydrogens is 308 g/mol. The fraction of sp³-hybridized carbons (Fsp3) is 0.500. The summed E-state index contributed by atoms with van der Waals surface area (Å²) < 4.78 is 0. The second-order valence-corrected chi connectivity index (χ2v) is 9.01. The first-order chi connectivity index (χ1) is 10.4. The quantitative estimate of drug-likeness (QED) is 0.466. The largest absolute Gasteiger partial charge is 0.507 e. The number of nitrogens with zero attached hydrogens (tertiary/aromatic N) is 1. The Labute approximate surface area is 142 Å². The summed E-state index contributed by atoms with van der Waals surface area (Å²) in [7, 11) is 0. The Hall–Kier alpha value is -1.46. The monoisotopic (exact) mass is 334 g/mol. The first-order valence-electron chi connectivity index (χ1n) is 7.70. The van der Waals surface area contributed by atoms with Gasteiger partial charge in [0.1, 0.15) is 5.75 Å². The van der Waals surface area contributed by atoms with Gasteiger partial charge < -0.3 is 5.11 Å². The minimum absolute atomic E-state index is 0.155. The Morgan fingerprint density at radius 3 is 1.96 bits per heavy atom. The van der Waals surface area contributed by atoms with Gasteiger partial charge in [0.05, 0.1) is 10.8 Å². The first-order valence-corrected chi connectivity index (χ1v) is 8.69. The Bertz CT molecular complexity index is 632. The Morgan fingerprint density at radius 1 is 1.13 bits per heavy atom. The molecule has 0 radical (unpaired) electrons. The van der Waals surface area contributed by atoms with Gasteiger partial charge in [-0.25, -0.2) is 5.84 Å². The zero-order chi connectivity index (χ0) is 17.6. The number of carbonyl (C=O) groups is 1. The molecule has 0 aromatic heterocycles. The van der Waals surface area contributed by atoms with Gasteiger partial charge in [-0.05, 0) is 34.6 Å². The third-order valence-electron chi connectivity index (χ3n) is 3.88. The van der Waals surface area contributed by atoms with Crippen molar-refractivity contribution < 1.29 is 9.90 Å². The van der Waals surface area contributed by atoms with E-state index in [1.54, 1.807) is 0 Å². The number of phenols is 1. The molecule has 126 valence electrons. The normalized spacial score (nSPS) is 18.1. The molecule has 0 aliphatic carbocycles. The van der Waals surface area contributed by atoms with E-state index in [0.717, 1.165) is 16.7 Å². The molecule has 1 amide bonds. The van der Waals surface area contributed by atoms with Crippen LogP contribution in [0.4, 0.5) is 0 Å². The molecule has 1 fully saturated rings. The van der Waals surface area contributed by atoms with Crippen LogP contribution in [0, 0.1) is 0 Å². The average Bonchev–Trinajstić information content (AvgIpc) is 2.70. The van der Waals surface area contributed by atoms with Crippen LogP contribution in [-0.2, 0) is 15.6 Å². The summed E-state index contributed by atoms with van der Waals surface area (Å²) in [6, 6.07) is 3.93. The lowest BCUT2D eigenvalue weighted by Crippen LogP contribution is -2.31. The highest BCUT2D eigenvalue weighted by Gasteiger charge is 2.28. The number of rotatable bonds is 1. The number of aromatic hydroxyl groups is 1. The van der Waals surface area contributed by atoms with Gasteiger partial charge in [-0.15, -0.1) is 0 Å². The van der Waals surface area contributed by atoms with Crippen molar-refractivity contribution >= 4 is 23.7 Å². The van der Waals surface area contributed by atoms with Gasteiger partial charge in [-0.2, -0.15) is 0 Å². The maximum atomic E-state index is 12.0. The number of hydrazine groups is 1. The zero-order valence-corrected chi connectivity index (χ0v) is 15.5. The van der Waals surface area contributed by atoms with Gasteiger partial charge in [-0.1, -0.05) is 53.3 Å². The second-order valence-electron chi connectivity index (χ2n) is 8.02. The van der Waals surface area contributed by atoms with E-state index >= 15 is 0 Å². The summed E-state index contributed by atoms with van der Waals surface area (Å²) in [5.41, 5.74) is 2.31. The molecule has 0 bridgehead atoms. The van der Waals surface area contributed by atoms with Crippen LogP contribution >= 0.6 is 11.8 Å². The summed E-state index contributed by atoms with van der Waals surface area (Å²) >= 11 is 1.43. The fourth-order valence-corrected chi connectivity index (χ4v) is 3.39. The number of amides is 1. The van der Waals surface area contributed by atoms with Crippen molar-refractivity contribution in [3.63, 3.8) is 0 Å². The molecule has 23 heavy (non-hydrogen) atoms. The number of phenolic OH excluding ortho intramolecular Hbond substituents is 1. The number of nitrogens with two attached hydrogens (primary N) is 1. The summed E-state index contributed by atoms with van der Waals surface area (Å²) in [5, 5.41) is 11.9. The van der Waals surface area contributed by atoms with Crippen LogP contribution in [0.5, 0.6) is 5.75 Å². The van der Waals surface area contributed by atoms with Crippen LogP contribution in [0.2, 0.25) is 0 Å². The van der Waals surface area contributed by atoms with E-state index in [2.05, 4.69) is 41.5 Å². The topological polar surface area (TPSA) is 66.6 Å². The second kappa shape index (κ2) is 5.87. The van der Waals surface area contributed by atoms with Gasteiger partial charge in [0.15, 0.2) is 0 Å². The predicted octanol–water partition coefficient (Wildman–Crippen LogP) is 3.73. The number of carbonyl (C=O) groups excluding carboxylic acids is 1. The summed E-state index contributed by atoms with van der Waals surface area (Å²) in [6.07, 6.45) is 1.86. The Balaban J connectivity index is 2.62. The van der Waals surface area contributed by atoms with Crippen LogP contribution in [0.25, 0.3) is 6.08 Å². The van der Waals surface area contributed by atoms with Crippen molar-refractivity contribution in [2.24, 2.45) is 5.84 Å². The lowest BCUT2D eigenvalue weighted by molar-refractivity contribution is -0.124. The lowest BCUT2D eigenvalue weighted by atomic mass is 9.78. The van der Waals surface area contributed by atoms with Gasteiger partial charge in [0.25, 0.3) is 5.91 Å². The average molecular weight is 334 g/mol. The molecule has 1 aliphatic heterocycles. The molecule has 0 atom stereocenters. The highest BCUT2D eigenvalue weighted by Crippen LogP contribution is 2.40. The maximum absolute atomic E-state index is 12.0. The van der Waals surface area contributed by atoms with Crippen molar-refractivity contribution in [1.82, 2.24) is 5.01 Å². The van der Waals surface area contributed by atoms with Crippen LogP contribution in [0.3, 0.4) is 0 Å². The Kier molecular flexibility index (Phi) is 4.57. The van der Waals surface area contributed by atoms with E-state index in [4.69, 9.17) is 5.84 Å². The molecular formula is C18H26N2O2S. The minimum atomic E-state index is -0.189. The SMILES string of the molecule is CC(C)(C)c1cc(/C=C2\SCN(N)C2=O)cc(C(C)(C)C)c1O. The molecule has 1 heterocycles. The van der Waals surface area contributed by atoms with E-state index < -0.39 is 0 Å². The standard InChI is InChI=1S/C18H26N2O2S/c1-17(2,3)12-7-11(8-13(15(12)21)18(4,5)6)9-14-16(22)20(19)10-23-14/h7-9,21H,10,19H2,1-6H3/b14-9-. The molecule has 0 saturated carbocycles. The van der Waals surface area contributed by atoms with Crippen LogP contribution in [0.1, 0.15) is 58.2 Å². The van der Waals surface area contributed by atoms with Crippen molar-refractivity contribution in [3.05, 3.63) is 33.7 Å². The number of hydrogen-bond acceptors (Lipinski definition) is 4. The van der Waals surface area contributed by atoms with Gasteiger partial charge in [0.2, 0.25) is 0 Å². The molecule has 1 saturated heterocycles. The summed E-state index contributed by atoms with van der Waals surface area (Å²) in [5.74, 6) is 6.29.